The number of hydrogen-bond acceptors (Lipinski definition) is 2. The highest BCUT2D eigenvalue weighted by atomic mass is 19.4. The predicted octanol–water partition coefficient (Wildman–Crippen LogP) is 3.38. The van der Waals surface area contributed by atoms with Crippen LogP contribution >= 0.6 is 0 Å². The maximum Gasteiger partial charge on any atom is 0.416 e. The van der Waals surface area contributed by atoms with E-state index in [1.807, 2.05) is 0 Å². The average molecular weight is 337 g/mol. The molecule has 0 unspecified atom stereocenters. The third-order valence-electron chi connectivity index (χ3n) is 3.06. The highest BCUT2D eigenvalue weighted by Crippen LogP contribution is 2.29. The summed E-state index contributed by atoms with van der Waals surface area (Å²) < 4.78 is 37.4. The van der Waals surface area contributed by atoms with E-state index in [-0.39, 0.29) is 12.1 Å². The maximum atomic E-state index is 12.5. The zero-order valence-electron chi connectivity index (χ0n) is 12.4. The summed E-state index contributed by atoms with van der Waals surface area (Å²) in [5.41, 5.74) is 5.68. The Balaban J connectivity index is 1.94. The Bertz CT molecular complexity index is 726. The Morgan fingerprint density at radius 2 is 1.33 bits per heavy atom. The van der Waals surface area contributed by atoms with Crippen molar-refractivity contribution in [2.45, 2.75) is 12.6 Å². The smallest absolute Gasteiger partial charge is 0.369 e. The molecule has 0 aliphatic carbocycles. The number of hydrogen-bond donors (Lipinski definition) is 3. The van der Waals surface area contributed by atoms with Gasteiger partial charge in [-0.15, -0.1) is 0 Å². The van der Waals surface area contributed by atoms with E-state index >= 15 is 0 Å². The molecule has 0 spiro atoms. The number of carbonyl (C=O) groups excluding carboxylic acids is 2. The van der Waals surface area contributed by atoms with Crippen LogP contribution in [0.15, 0.2) is 48.5 Å². The van der Waals surface area contributed by atoms with Crippen molar-refractivity contribution in [3.63, 3.8) is 0 Å². The maximum absolute atomic E-state index is 12.5. The van der Waals surface area contributed by atoms with Crippen LogP contribution in [0.25, 0.3) is 0 Å². The molecule has 3 amide bonds. The van der Waals surface area contributed by atoms with Crippen molar-refractivity contribution in [2.24, 2.45) is 5.73 Å². The molecule has 0 radical (unpaired) electrons. The molecule has 2 aromatic rings. The lowest BCUT2D eigenvalue weighted by atomic mass is 10.1. The number of alkyl halides is 3. The molecule has 4 N–H and O–H groups in total. The highest BCUT2D eigenvalue weighted by molar-refractivity contribution is 5.99. The van der Waals surface area contributed by atoms with Crippen molar-refractivity contribution in [1.29, 1.82) is 0 Å². The zero-order valence-corrected chi connectivity index (χ0v) is 12.4. The number of rotatable bonds is 4. The number of anilines is 2. The van der Waals surface area contributed by atoms with Crippen LogP contribution in [-0.4, -0.2) is 11.9 Å². The molecule has 2 rings (SSSR count). The second-order valence-electron chi connectivity index (χ2n) is 4.99. The van der Waals surface area contributed by atoms with Crippen LogP contribution in [0.5, 0.6) is 0 Å². The number of nitrogens with two attached hydrogens (primary N) is 1. The normalized spacial score (nSPS) is 11.0. The minimum absolute atomic E-state index is 0.0953. The standard InChI is InChI=1S/C16H14F3N3O2/c17-16(18,19)11-3-7-13(8-4-11)22-15(24)21-12-5-1-10(2-6-12)9-14(20)23/h1-8H,9H2,(H2,20,23)(H2,21,22,24). The second-order valence-corrected chi connectivity index (χ2v) is 4.99. The minimum Gasteiger partial charge on any atom is -0.369 e. The molecule has 0 fully saturated rings. The summed E-state index contributed by atoms with van der Waals surface area (Å²) in [4.78, 5) is 22.6. The monoisotopic (exact) mass is 337 g/mol. The largest absolute Gasteiger partial charge is 0.416 e. The van der Waals surface area contributed by atoms with Crippen molar-refractivity contribution in [1.82, 2.24) is 0 Å². The first-order chi connectivity index (χ1) is 11.2. The summed E-state index contributed by atoms with van der Waals surface area (Å²) in [5, 5.41) is 4.95. The Morgan fingerprint density at radius 3 is 1.75 bits per heavy atom. The van der Waals surface area contributed by atoms with E-state index in [1.165, 1.54) is 12.1 Å². The van der Waals surface area contributed by atoms with Gasteiger partial charge in [0.2, 0.25) is 5.91 Å². The summed E-state index contributed by atoms with van der Waals surface area (Å²) in [7, 11) is 0. The lowest BCUT2D eigenvalue weighted by molar-refractivity contribution is -0.137. The number of amides is 3. The first kappa shape index (κ1) is 17.3. The number of urea groups is 1. The molecule has 0 atom stereocenters. The first-order valence-electron chi connectivity index (χ1n) is 6.86. The van der Waals surface area contributed by atoms with E-state index < -0.39 is 23.7 Å². The highest BCUT2D eigenvalue weighted by Gasteiger charge is 2.29. The van der Waals surface area contributed by atoms with Crippen LogP contribution in [0.4, 0.5) is 29.3 Å². The van der Waals surface area contributed by atoms with Crippen molar-refractivity contribution >= 4 is 23.3 Å². The third-order valence-corrected chi connectivity index (χ3v) is 3.06. The molecule has 0 saturated heterocycles. The van der Waals surface area contributed by atoms with Crippen molar-refractivity contribution in [3.05, 3.63) is 59.7 Å². The van der Waals surface area contributed by atoms with E-state index in [2.05, 4.69) is 10.6 Å². The Hall–Kier alpha value is -3.03. The van der Waals surface area contributed by atoms with E-state index in [0.717, 1.165) is 12.1 Å². The van der Waals surface area contributed by atoms with Gasteiger partial charge < -0.3 is 16.4 Å². The summed E-state index contributed by atoms with van der Waals surface area (Å²) in [6.45, 7) is 0. The van der Waals surface area contributed by atoms with Crippen molar-refractivity contribution < 1.29 is 22.8 Å². The fourth-order valence-electron chi connectivity index (χ4n) is 1.94. The summed E-state index contributed by atoms with van der Waals surface area (Å²) >= 11 is 0. The number of benzene rings is 2. The van der Waals surface area contributed by atoms with Gasteiger partial charge in [-0.2, -0.15) is 13.2 Å². The third kappa shape index (κ3) is 5.01. The fraction of sp³-hybridized carbons (Fsp3) is 0.125. The lowest BCUT2D eigenvalue weighted by Crippen LogP contribution is -2.19. The molecule has 2 aromatic carbocycles. The summed E-state index contributed by atoms with van der Waals surface area (Å²) in [6, 6.07) is 9.95. The van der Waals surface area contributed by atoms with Gasteiger partial charge in [0.1, 0.15) is 0 Å². The van der Waals surface area contributed by atoms with E-state index in [1.54, 1.807) is 24.3 Å². The van der Waals surface area contributed by atoms with Crippen molar-refractivity contribution in [2.75, 3.05) is 10.6 Å². The van der Waals surface area contributed by atoms with Crippen LogP contribution in [0, 0.1) is 0 Å². The number of carbonyl (C=O) groups is 2. The van der Waals surface area contributed by atoms with Crippen LogP contribution in [0.3, 0.4) is 0 Å². The summed E-state index contributed by atoms with van der Waals surface area (Å²) in [6.07, 6.45) is -4.33. The van der Waals surface area contributed by atoms with E-state index in [0.29, 0.717) is 11.3 Å². The molecule has 8 heteroatoms. The molecule has 0 aromatic heterocycles. The zero-order chi connectivity index (χ0) is 17.7. The SMILES string of the molecule is NC(=O)Cc1ccc(NC(=O)Nc2ccc(C(F)(F)F)cc2)cc1. The quantitative estimate of drug-likeness (QED) is 0.799. The molecule has 126 valence electrons. The average Bonchev–Trinajstić information content (AvgIpc) is 2.48. The second kappa shape index (κ2) is 7.03. The van der Waals surface area contributed by atoms with Crippen LogP contribution in [0.2, 0.25) is 0 Å². The van der Waals surface area contributed by atoms with Crippen LogP contribution in [0.1, 0.15) is 11.1 Å². The molecular formula is C16H14F3N3O2. The van der Waals surface area contributed by atoms with Gasteiger partial charge in [-0.3, -0.25) is 4.79 Å². The summed E-state index contributed by atoms with van der Waals surface area (Å²) in [5.74, 6) is -0.462. The first-order valence-corrected chi connectivity index (χ1v) is 6.86. The van der Waals surface area contributed by atoms with Gasteiger partial charge in [0.05, 0.1) is 12.0 Å². The van der Waals surface area contributed by atoms with E-state index in [4.69, 9.17) is 5.73 Å². The predicted molar refractivity (Wildman–Crippen MR) is 83.4 cm³/mol. The molecule has 0 aliphatic heterocycles. The lowest BCUT2D eigenvalue weighted by Gasteiger charge is -2.10. The molecule has 0 saturated carbocycles. The van der Waals surface area contributed by atoms with E-state index in [9.17, 15) is 22.8 Å². The molecule has 24 heavy (non-hydrogen) atoms. The van der Waals surface area contributed by atoms with Crippen molar-refractivity contribution in [3.8, 4) is 0 Å². The van der Waals surface area contributed by atoms with Crippen LogP contribution < -0.4 is 16.4 Å². The minimum atomic E-state index is -4.42. The topological polar surface area (TPSA) is 84.2 Å². The number of nitrogens with one attached hydrogen (secondary N) is 2. The Labute approximate surface area is 135 Å². The van der Waals surface area contributed by atoms with Gasteiger partial charge in [0.15, 0.2) is 0 Å². The molecular weight excluding hydrogens is 323 g/mol. The van der Waals surface area contributed by atoms with Gasteiger partial charge in [-0.25, -0.2) is 4.79 Å². The molecule has 0 aliphatic rings. The number of primary amides is 1. The van der Waals surface area contributed by atoms with Gasteiger partial charge in [-0.05, 0) is 42.0 Å². The molecule has 0 heterocycles. The Morgan fingerprint density at radius 1 is 0.875 bits per heavy atom. The van der Waals surface area contributed by atoms with Gasteiger partial charge in [0, 0.05) is 11.4 Å². The molecule has 5 nitrogen and oxygen atoms in total. The fourth-order valence-corrected chi connectivity index (χ4v) is 1.94. The Kier molecular flexibility index (Phi) is 5.08. The molecule has 0 bridgehead atoms. The number of halogens is 3. The van der Waals surface area contributed by atoms with Gasteiger partial charge in [0.25, 0.3) is 0 Å². The van der Waals surface area contributed by atoms with Gasteiger partial charge >= 0.3 is 12.2 Å². The van der Waals surface area contributed by atoms with Gasteiger partial charge in [-0.1, -0.05) is 12.1 Å². The van der Waals surface area contributed by atoms with Crippen LogP contribution in [-0.2, 0) is 17.4 Å².